The predicted octanol–water partition coefficient (Wildman–Crippen LogP) is 2.12. The number of nitrogens with zero attached hydrogens (tertiary/aromatic N) is 2. The highest BCUT2D eigenvalue weighted by Crippen LogP contribution is 2.29. The lowest BCUT2D eigenvalue weighted by atomic mass is 10.1. The number of hydrogen-bond donors (Lipinski definition) is 1. The minimum atomic E-state index is -3.29. The van der Waals surface area contributed by atoms with E-state index in [0.29, 0.717) is 5.69 Å². The third kappa shape index (κ3) is 4.77. The first-order chi connectivity index (χ1) is 10.7. The molecule has 0 radical (unpaired) electrons. The van der Waals surface area contributed by atoms with Gasteiger partial charge < -0.3 is 4.90 Å². The average molecular weight is 353 g/mol. The second kappa shape index (κ2) is 6.67. The summed E-state index contributed by atoms with van der Waals surface area (Å²) in [5.74, 6) is 0.0120. The van der Waals surface area contributed by atoms with Crippen LogP contribution in [0.2, 0.25) is 0 Å². The van der Waals surface area contributed by atoms with Crippen LogP contribution in [0.4, 0.5) is 5.69 Å². The number of aryl methyl sites for hydroxylation is 1. The first-order valence-corrected chi connectivity index (χ1v) is 9.61. The molecule has 1 heterocycles. The number of amides is 1. The van der Waals surface area contributed by atoms with Gasteiger partial charge in [-0.25, -0.2) is 13.4 Å². The zero-order valence-corrected chi connectivity index (χ0v) is 15.1. The molecule has 23 heavy (non-hydrogen) atoms. The molecular formula is C15H19N3O3S2. The van der Waals surface area contributed by atoms with Crippen molar-refractivity contribution >= 4 is 33.0 Å². The Bertz CT molecular complexity index is 809. The Morgan fingerprint density at radius 1 is 1.26 bits per heavy atom. The Hall–Kier alpha value is -1.93. The van der Waals surface area contributed by atoms with E-state index in [2.05, 4.69) is 9.71 Å². The fourth-order valence-corrected chi connectivity index (χ4v) is 3.50. The number of carbonyl (C=O) groups is 1. The van der Waals surface area contributed by atoms with E-state index >= 15 is 0 Å². The molecule has 0 spiro atoms. The molecule has 0 saturated carbocycles. The van der Waals surface area contributed by atoms with Gasteiger partial charge in [0, 0.05) is 30.2 Å². The number of benzene rings is 1. The van der Waals surface area contributed by atoms with Crippen molar-refractivity contribution in [2.75, 3.05) is 25.1 Å². The van der Waals surface area contributed by atoms with Gasteiger partial charge in [0.25, 0.3) is 0 Å². The first-order valence-electron chi connectivity index (χ1n) is 6.90. The third-order valence-electron chi connectivity index (χ3n) is 3.10. The molecule has 0 atom stereocenters. The van der Waals surface area contributed by atoms with Gasteiger partial charge in [-0.2, -0.15) is 0 Å². The standard InChI is InChI=1S/C15H19N3O3S2/c1-10-15(16-13(22-10)9-14(19)18(2)3)11-5-7-12(8-6-11)17-23(4,20)21/h5-8,17H,9H2,1-4H3. The van der Waals surface area contributed by atoms with E-state index < -0.39 is 10.0 Å². The van der Waals surface area contributed by atoms with Crippen molar-refractivity contribution in [3.8, 4) is 11.3 Å². The van der Waals surface area contributed by atoms with Gasteiger partial charge in [-0.15, -0.1) is 11.3 Å². The van der Waals surface area contributed by atoms with Crippen molar-refractivity contribution in [2.45, 2.75) is 13.3 Å². The number of nitrogens with one attached hydrogen (secondary N) is 1. The maximum absolute atomic E-state index is 11.8. The monoisotopic (exact) mass is 353 g/mol. The van der Waals surface area contributed by atoms with Crippen LogP contribution in [0.3, 0.4) is 0 Å². The van der Waals surface area contributed by atoms with Crippen LogP contribution in [0.5, 0.6) is 0 Å². The number of anilines is 1. The SMILES string of the molecule is Cc1sc(CC(=O)N(C)C)nc1-c1ccc(NS(C)(=O)=O)cc1. The Labute approximate surface area is 140 Å². The minimum absolute atomic E-state index is 0.0120. The number of rotatable bonds is 5. The molecule has 124 valence electrons. The molecule has 1 amide bonds. The lowest BCUT2D eigenvalue weighted by Gasteiger charge is -2.07. The van der Waals surface area contributed by atoms with Crippen molar-refractivity contribution in [2.24, 2.45) is 0 Å². The summed E-state index contributed by atoms with van der Waals surface area (Å²) >= 11 is 1.50. The van der Waals surface area contributed by atoms with Crippen molar-refractivity contribution in [1.82, 2.24) is 9.88 Å². The van der Waals surface area contributed by atoms with Crippen molar-refractivity contribution < 1.29 is 13.2 Å². The van der Waals surface area contributed by atoms with E-state index in [4.69, 9.17) is 0 Å². The van der Waals surface area contributed by atoms with Gasteiger partial charge in [0.1, 0.15) is 5.01 Å². The van der Waals surface area contributed by atoms with Gasteiger partial charge >= 0.3 is 0 Å². The molecule has 0 aliphatic carbocycles. The van der Waals surface area contributed by atoms with Crippen LogP contribution in [0.15, 0.2) is 24.3 Å². The molecule has 1 aromatic carbocycles. The second-order valence-electron chi connectivity index (χ2n) is 5.43. The van der Waals surface area contributed by atoms with Gasteiger partial charge in [-0.1, -0.05) is 12.1 Å². The summed E-state index contributed by atoms with van der Waals surface area (Å²) in [6, 6.07) is 7.01. The number of carbonyl (C=O) groups excluding carboxylic acids is 1. The smallest absolute Gasteiger partial charge is 0.229 e. The van der Waals surface area contributed by atoms with Crippen LogP contribution >= 0.6 is 11.3 Å². The van der Waals surface area contributed by atoms with Crippen LogP contribution in [-0.2, 0) is 21.2 Å². The Morgan fingerprint density at radius 3 is 2.39 bits per heavy atom. The van der Waals surface area contributed by atoms with Crippen LogP contribution in [0.25, 0.3) is 11.3 Å². The molecule has 0 bridgehead atoms. The second-order valence-corrected chi connectivity index (χ2v) is 8.47. The van der Waals surface area contributed by atoms with E-state index in [0.717, 1.165) is 27.4 Å². The van der Waals surface area contributed by atoms with Gasteiger partial charge in [-0.05, 0) is 19.1 Å². The van der Waals surface area contributed by atoms with Gasteiger partial charge in [0.05, 0.1) is 18.4 Å². The predicted molar refractivity (Wildman–Crippen MR) is 93.2 cm³/mol. The van der Waals surface area contributed by atoms with E-state index in [1.807, 2.05) is 19.1 Å². The molecule has 2 aromatic rings. The Morgan fingerprint density at radius 2 is 1.87 bits per heavy atom. The quantitative estimate of drug-likeness (QED) is 0.893. The maximum Gasteiger partial charge on any atom is 0.229 e. The van der Waals surface area contributed by atoms with Crippen molar-refractivity contribution in [3.05, 3.63) is 34.2 Å². The highest BCUT2D eigenvalue weighted by Gasteiger charge is 2.14. The molecule has 0 aliphatic heterocycles. The molecule has 0 aliphatic rings. The highest BCUT2D eigenvalue weighted by atomic mass is 32.2. The van der Waals surface area contributed by atoms with Gasteiger partial charge in [0.15, 0.2) is 0 Å². The summed E-state index contributed by atoms with van der Waals surface area (Å²) in [4.78, 5) is 18.9. The number of aromatic nitrogens is 1. The summed E-state index contributed by atoms with van der Waals surface area (Å²) in [7, 11) is 0.153. The molecule has 0 fully saturated rings. The van der Waals surface area contributed by atoms with Crippen molar-refractivity contribution in [3.63, 3.8) is 0 Å². The molecule has 6 nitrogen and oxygen atoms in total. The Balaban J connectivity index is 2.22. The zero-order chi connectivity index (χ0) is 17.2. The summed E-state index contributed by atoms with van der Waals surface area (Å²) in [6.45, 7) is 1.96. The molecule has 8 heteroatoms. The highest BCUT2D eigenvalue weighted by molar-refractivity contribution is 7.92. The largest absolute Gasteiger partial charge is 0.348 e. The van der Waals surface area contributed by atoms with E-state index in [1.165, 1.54) is 11.3 Å². The topological polar surface area (TPSA) is 79.4 Å². The molecule has 2 rings (SSSR count). The van der Waals surface area contributed by atoms with E-state index in [9.17, 15) is 13.2 Å². The summed E-state index contributed by atoms with van der Waals surface area (Å²) in [5.41, 5.74) is 2.22. The van der Waals surface area contributed by atoms with Gasteiger partial charge in [0.2, 0.25) is 15.9 Å². The zero-order valence-electron chi connectivity index (χ0n) is 13.5. The summed E-state index contributed by atoms with van der Waals surface area (Å²) < 4.78 is 24.8. The lowest BCUT2D eigenvalue weighted by Crippen LogP contribution is -2.23. The number of likely N-dealkylation sites (N-methyl/N-ethyl adjacent to an activating group) is 1. The van der Waals surface area contributed by atoms with Crippen LogP contribution in [-0.4, -0.2) is 44.6 Å². The van der Waals surface area contributed by atoms with Crippen LogP contribution < -0.4 is 4.72 Å². The average Bonchev–Trinajstić information content (AvgIpc) is 2.78. The van der Waals surface area contributed by atoms with E-state index in [1.54, 1.807) is 31.1 Å². The fraction of sp³-hybridized carbons (Fsp3) is 0.333. The lowest BCUT2D eigenvalue weighted by molar-refractivity contribution is -0.127. The van der Waals surface area contributed by atoms with E-state index in [-0.39, 0.29) is 12.3 Å². The number of thiazole rings is 1. The maximum atomic E-state index is 11.8. The first kappa shape index (κ1) is 17.4. The molecular weight excluding hydrogens is 334 g/mol. The number of hydrogen-bond acceptors (Lipinski definition) is 5. The van der Waals surface area contributed by atoms with Crippen molar-refractivity contribution in [1.29, 1.82) is 0 Å². The van der Waals surface area contributed by atoms with Gasteiger partial charge in [-0.3, -0.25) is 9.52 Å². The minimum Gasteiger partial charge on any atom is -0.348 e. The third-order valence-corrected chi connectivity index (χ3v) is 4.68. The number of sulfonamides is 1. The summed E-state index contributed by atoms with van der Waals surface area (Å²) in [5, 5.41) is 0.773. The van der Waals surface area contributed by atoms with Crippen LogP contribution in [0, 0.1) is 6.92 Å². The summed E-state index contributed by atoms with van der Waals surface area (Å²) in [6.07, 6.45) is 1.39. The molecule has 0 saturated heterocycles. The normalized spacial score (nSPS) is 11.3. The van der Waals surface area contributed by atoms with Crippen LogP contribution in [0.1, 0.15) is 9.88 Å². The molecule has 1 aromatic heterocycles. The molecule has 0 unspecified atom stereocenters. The fourth-order valence-electron chi connectivity index (χ4n) is 1.99. The molecule has 1 N–H and O–H groups in total. The Kier molecular flexibility index (Phi) is 5.06.